The lowest BCUT2D eigenvalue weighted by atomic mass is 10.2. The van der Waals surface area contributed by atoms with Crippen LogP contribution in [-0.4, -0.2) is 69.0 Å². The number of benzene rings is 2. The summed E-state index contributed by atoms with van der Waals surface area (Å²) in [6.07, 6.45) is 1.80. The van der Waals surface area contributed by atoms with E-state index < -0.39 is 5.97 Å². The smallest absolute Gasteiger partial charge is 0.343 e. The molecule has 0 aromatic heterocycles. The predicted octanol–water partition coefficient (Wildman–Crippen LogP) is 4.83. The first kappa shape index (κ1) is 25.7. The Kier molecular flexibility index (Phi) is 8.53. The van der Waals surface area contributed by atoms with Crippen LogP contribution in [0.15, 0.2) is 55.2 Å². The monoisotopic (exact) mass is 623 g/mol. The number of rotatable bonds is 6. The molecule has 0 saturated carbocycles. The summed E-state index contributed by atoms with van der Waals surface area (Å²) in [5, 5.41) is 0.608. The van der Waals surface area contributed by atoms with Gasteiger partial charge in [-0.05, 0) is 91.7 Å². The minimum absolute atomic E-state index is 0.128. The number of halogens is 2. The molecule has 2 aromatic rings. The molecule has 0 radical (unpaired) electrons. The number of thioether (sulfide) groups is 1. The van der Waals surface area contributed by atoms with E-state index in [2.05, 4.69) is 46.5 Å². The van der Waals surface area contributed by atoms with Gasteiger partial charge < -0.3 is 19.1 Å². The normalized spacial score (nSPS) is 18.5. The number of carbonyl (C=O) groups is 2. The van der Waals surface area contributed by atoms with E-state index in [1.54, 1.807) is 18.0 Å². The van der Waals surface area contributed by atoms with Crippen molar-refractivity contribution in [2.24, 2.45) is 4.99 Å². The molecule has 8 nitrogen and oxygen atoms in total. The van der Waals surface area contributed by atoms with E-state index in [1.165, 1.54) is 18.9 Å². The Bertz CT molecular complexity index is 1160. The Morgan fingerprint density at radius 3 is 2.46 bits per heavy atom. The average Bonchev–Trinajstić information content (AvgIpc) is 3.12. The molecule has 0 N–H and O–H groups in total. The van der Waals surface area contributed by atoms with Crippen LogP contribution in [-0.2, 0) is 19.1 Å². The standard InChI is InChI=1S/C24H23Br2N3O5S/c1-28-23(31)20(13-15-11-18(25)22(19(26)12-15)34-14-21(30)32-2)35-24(28)27-16-3-5-17(6-4-16)29-7-9-33-10-8-29/h3-6,11-13H,7-10,14H2,1-2H3/b20-13-,27-24?. The first-order chi connectivity index (χ1) is 16.9. The van der Waals surface area contributed by atoms with E-state index in [-0.39, 0.29) is 12.5 Å². The van der Waals surface area contributed by atoms with E-state index in [9.17, 15) is 9.59 Å². The van der Waals surface area contributed by atoms with E-state index in [0.29, 0.717) is 24.8 Å². The Morgan fingerprint density at radius 2 is 1.83 bits per heavy atom. The number of ether oxygens (including phenoxy) is 3. The van der Waals surface area contributed by atoms with Crippen LogP contribution in [0.2, 0.25) is 0 Å². The maximum atomic E-state index is 12.9. The number of amidine groups is 1. The second-order valence-electron chi connectivity index (χ2n) is 7.66. The number of likely N-dealkylation sites (N-methyl/N-ethyl adjacent to an activating group) is 1. The summed E-state index contributed by atoms with van der Waals surface area (Å²) in [6, 6.07) is 11.6. The molecular formula is C24H23Br2N3O5S. The van der Waals surface area contributed by atoms with Gasteiger partial charge in [-0.2, -0.15) is 0 Å². The van der Waals surface area contributed by atoms with Crippen LogP contribution in [0.4, 0.5) is 11.4 Å². The molecule has 2 aliphatic heterocycles. The summed E-state index contributed by atoms with van der Waals surface area (Å²) < 4.78 is 16.8. The van der Waals surface area contributed by atoms with Crippen molar-refractivity contribution in [1.82, 2.24) is 4.90 Å². The predicted molar refractivity (Wildman–Crippen MR) is 144 cm³/mol. The molecule has 35 heavy (non-hydrogen) atoms. The Labute approximate surface area is 224 Å². The van der Waals surface area contributed by atoms with Gasteiger partial charge in [0.25, 0.3) is 5.91 Å². The van der Waals surface area contributed by atoms with Crippen molar-refractivity contribution in [2.75, 3.05) is 52.0 Å². The van der Waals surface area contributed by atoms with Gasteiger partial charge in [0.2, 0.25) is 0 Å². The van der Waals surface area contributed by atoms with Crippen LogP contribution in [0, 0.1) is 0 Å². The molecule has 2 saturated heterocycles. The number of anilines is 1. The van der Waals surface area contributed by atoms with Gasteiger partial charge in [0, 0.05) is 25.8 Å². The number of nitrogens with zero attached hydrogens (tertiary/aromatic N) is 3. The first-order valence-corrected chi connectivity index (χ1v) is 13.1. The summed E-state index contributed by atoms with van der Waals surface area (Å²) in [4.78, 5) is 33.3. The van der Waals surface area contributed by atoms with Gasteiger partial charge in [0.1, 0.15) is 5.75 Å². The fraction of sp³-hybridized carbons (Fsp3) is 0.292. The van der Waals surface area contributed by atoms with Gasteiger partial charge in [-0.3, -0.25) is 9.69 Å². The van der Waals surface area contributed by atoms with Gasteiger partial charge >= 0.3 is 5.97 Å². The van der Waals surface area contributed by atoms with E-state index in [4.69, 9.17) is 9.47 Å². The van der Waals surface area contributed by atoms with Gasteiger partial charge in [0.05, 0.1) is 39.9 Å². The minimum atomic E-state index is -0.478. The molecule has 0 atom stereocenters. The number of hydrogen-bond acceptors (Lipinski definition) is 8. The number of esters is 1. The number of aliphatic imine (C=N–C) groups is 1. The van der Waals surface area contributed by atoms with E-state index in [1.807, 2.05) is 36.4 Å². The SMILES string of the molecule is COC(=O)COc1c(Br)cc(/C=C2\SC(=Nc3ccc(N4CCOCC4)cc3)N(C)C2=O)cc1Br. The van der Waals surface area contributed by atoms with Crippen molar-refractivity contribution in [3.63, 3.8) is 0 Å². The first-order valence-electron chi connectivity index (χ1n) is 10.7. The second-order valence-corrected chi connectivity index (χ2v) is 10.4. The van der Waals surface area contributed by atoms with Gasteiger partial charge in [-0.25, -0.2) is 9.79 Å². The fourth-order valence-corrected chi connectivity index (χ4v) is 5.90. The maximum absolute atomic E-state index is 12.9. The van der Waals surface area contributed by atoms with E-state index in [0.717, 1.165) is 43.2 Å². The molecule has 1 amide bonds. The largest absolute Gasteiger partial charge is 0.480 e. The average molecular weight is 625 g/mol. The van der Waals surface area contributed by atoms with Gasteiger partial charge in [-0.1, -0.05) is 0 Å². The molecular weight excluding hydrogens is 602 g/mol. The summed E-state index contributed by atoms with van der Waals surface area (Å²) in [5.74, 6) is -0.131. The topological polar surface area (TPSA) is 80.7 Å². The molecule has 184 valence electrons. The van der Waals surface area contributed by atoms with Crippen molar-refractivity contribution < 1.29 is 23.8 Å². The number of hydrogen-bond donors (Lipinski definition) is 0. The van der Waals surface area contributed by atoms with Crippen molar-refractivity contribution in [3.05, 3.63) is 55.8 Å². The van der Waals surface area contributed by atoms with Crippen LogP contribution in [0.3, 0.4) is 0 Å². The quantitative estimate of drug-likeness (QED) is 0.336. The fourth-order valence-electron chi connectivity index (χ4n) is 3.46. The summed E-state index contributed by atoms with van der Waals surface area (Å²) in [6.45, 7) is 3.01. The number of methoxy groups -OCH3 is 1. The van der Waals surface area contributed by atoms with Crippen LogP contribution in [0.5, 0.6) is 5.75 Å². The number of carbonyl (C=O) groups excluding carboxylic acids is 2. The zero-order valence-corrected chi connectivity index (χ0v) is 23.1. The Morgan fingerprint density at radius 1 is 1.17 bits per heavy atom. The van der Waals surface area contributed by atoms with Crippen molar-refractivity contribution >= 4 is 78.1 Å². The van der Waals surface area contributed by atoms with Crippen LogP contribution < -0.4 is 9.64 Å². The maximum Gasteiger partial charge on any atom is 0.343 e. The highest BCUT2D eigenvalue weighted by Crippen LogP contribution is 2.38. The zero-order valence-electron chi connectivity index (χ0n) is 19.1. The third-order valence-electron chi connectivity index (χ3n) is 5.33. The highest BCUT2D eigenvalue weighted by Gasteiger charge is 2.30. The molecule has 2 aromatic carbocycles. The molecule has 2 aliphatic rings. The van der Waals surface area contributed by atoms with Crippen molar-refractivity contribution in [3.8, 4) is 5.75 Å². The zero-order chi connectivity index (χ0) is 24.9. The Hall–Kier alpha value is -2.34. The van der Waals surface area contributed by atoms with Crippen molar-refractivity contribution in [1.29, 1.82) is 0 Å². The highest BCUT2D eigenvalue weighted by atomic mass is 79.9. The summed E-state index contributed by atoms with van der Waals surface area (Å²) in [5.41, 5.74) is 2.70. The van der Waals surface area contributed by atoms with Crippen LogP contribution >= 0.6 is 43.6 Å². The molecule has 0 bridgehead atoms. The van der Waals surface area contributed by atoms with Crippen molar-refractivity contribution in [2.45, 2.75) is 0 Å². The molecule has 11 heteroatoms. The Balaban J connectivity index is 1.49. The third kappa shape index (κ3) is 6.27. The molecule has 0 spiro atoms. The van der Waals surface area contributed by atoms with Crippen LogP contribution in [0.25, 0.3) is 6.08 Å². The highest BCUT2D eigenvalue weighted by molar-refractivity contribution is 9.11. The second kappa shape index (κ2) is 11.6. The summed E-state index contributed by atoms with van der Waals surface area (Å²) >= 11 is 8.25. The molecule has 4 rings (SSSR count). The van der Waals surface area contributed by atoms with Crippen LogP contribution in [0.1, 0.15) is 5.56 Å². The summed E-state index contributed by atoms with van der Waals surface area (Å²) in [7, 11) is 3.02. The molecule has 0 aliphatic carbocycles. The molecule has 0 unspecified atom stereocenters. The molecule has 2 heterocycles. The van der Waals surface area contributed by atoms with Gasteiger partial charge in [-0.15, -0.1) is 0 Å². The number of amides is 1. The van der Waals surface area contributed by atoms with E-state index >= 15 is 0 Å². The van der Waals surface area contributed by atoms with Gasteiger partial charge in [0.15, 0.2) is 11.8 Å². The lowest BCUT2D eigenvalue weighted by Gasteiger charge is -2.28. The minimum Gasteiger partial charge on any atom is -0.480 e. The molecule has 2 fully saturated rings. The lowest BCUT2D eigenvalue weighted by molar-refractivity contribution is -0.142. The lowest BCUT2D eigenvalue weighted by Crippen LogP contribution is -2.36. The third-order valence-corrected chi connectivity index (χ3v) is 7.57. The number of morpholine rings is 1.